The predicted octanol–water partition coefficient (Wildman–Crippen LogP) is 3.46. The molecule has 2 fully saturated rings. The molecule has 1 aliphatic carbocycles. The second-order valence-corrected chi connectivity index (χ2v) is 12.0. The Labute approximate surface area is 206 Å². The number of ketones is 1. The molecule has 0 aromatic heterocycles. The molecule has 0 radical (unpaired) electrons. The first kappa shape index (κ1) is 25.3. The number of sulfone groups is 1. The van der Waals surface area contributed by atoms with Gasteiger partial charge in [0.2, 0.25) is 0 Å². The Balaban J connectivity index is 1.50. The van der Waals surface area contributed by atoms with Gasteiger partial charge in [-0.25, -0.2) is 13.9 Å². The third-order valence-electron chi connectivity index (χ3n) is 7.67. The van der Waals surface area contributed by atoms with Gasteiger partial charge in [0.1, 0.15) is 0 Å². The van der Waals surface area contributed by atoms with Crippen molar-refractivity contribution >= 4 is 27.2 Å². The highest BCUT2D eigenvalue weighted by Crippen LogP contribution is 2.54. The molecule has 4 N–H and O–H groups in total. The zero-order valence-electron chi connectivity index (χ0n) is 20.0. The topological polar surface area (TPSA) is 125 Å². The van der Waals surface area contributed by atoms with Crippen LogP contribution in [0.3, 0.4) is 0 Å². The number of carbonyl (C=O) groups excluding carboxylic acids is 2. The van der Waals surface area contributed by atoms with Crippen LogP contribution in [0.2, 0.25) is 0 Å². The second kappa shape index (κ2) is 10.1. The van der Waals surface area contributed by atoms with E-state index in [0.29, 0.717) is 24.9 Å². The fourth-order valence-electron chi connectivity index (χ4n) is 5.47. The van der Waals surface area contributed by atoms with Crippen LogP contribution in [0.4, 0.5) is 5.69 Å². The molecule has 2 aromatic carbocycles. The van der Waals surface area contributed by atoms with Gasteiger partial charge in [-0.05, 0) is 80.4 Å². The van der Waals surface area contributed by atoms with Crippen LogP contribution in [0.25, 0.3) is 0 Å². The van der Waals surface area contributed by atoms with Crippen molar-refractivity contribution in [2.24, 2.45) is 5.41 Å². The lowest BCUT2D eigenvalue weighted by atomic mass is 9.77. The SMILES string of the molecule is CCC(=O)c1ccc(CNc2ccc(S(=O)(=O)C3(C(=O)NO)CCC4(CCNCC4)C3)cc2)cc1. The van der Waals surface area contributed by atoms with Crippen molar-refractivity contribution in [2.45, 2.75) is 61.6 Å². The van der Waals surface area contributed by atoms with E-state index in [1.165, 1.54) is 12.1 Å². The minimum absolute atomic E-state index is 0.0695. The molecule has 4 rings (SSSR count). The molecule has 0 bridgehead atoms. The van der Waals surface area contributed by atoms with E-state index in [-0.39, 0.29) is 28.9 Å². The Hall–Kier alpha value is -2.75. The van der Waals surface area contributed by atoms with E-state index in [9.17, 15) is 23.2 Å². The molecule has 1 aliphatic heterocycles. The zero-order chi connectivity index (χ0) is 25.1. The highest BCUT2D eigenvalue weighted by atomic mass is 32.2. The molecular weight excluding hydrogens is 466 g/mol. The summed E-state index contributed by atoms with van der Waals surface area (Å²) in [5.74, 6) is -0.748. The van der Waals surface area contributed by atoms with Crippen LogP contribution >= 0.6 is 0 Å². The van der Waals surface area contributed by atoms with Crippen molar-refractivity contribution in [1.82, 2.24) is 10.8 Å². The number of anilines is 1. The Kier molecular flexibility index (Phi) is 7.30. The largest absolute Gasteiger partial charge is 0.381 e. The first-order chi connectivity index (χ1) is 16.7. The van der Waals surface area contributed by atoms with Crippen molar-refractivity contribution in [2.75, 3.05) is 18.4 Å². The summed E-state index contributed by atoms with van der Waals surface area (Å²) in [6.07, 6.45) is 3.15. The number of hydrogen-bond acceptors (Lipinski definition) is 7. The van der Waals surface area contributed by atoms with Crippen LogP contribution in [-0.2, 0) is 21.2 Å². The van der Waals surface area contributed by atoms with Gasteiger partial charge in [-0.2, -0.15) is 0 Å². The molecule has 1 saturated heterocycles. The van der Waals surface area contributed by atoms with Gasteiger partial charge in [0.05, 0.1) is 4.90 Å². The summed E-state index contributed by atoms with van der Waals surface area (Å²) < 4.78 is 25.8. The van der Waals surface area contributed by atoms with E-state index < -0.39 is 20.5 Å². The maximum absolute atomic E-state index is 13.7. The number of Topliss-reactive ketones (excluding diaryl/α,β-unsaturated/α-hetero) is 1. The third-order valence-corrected chi connectivity index (χ3v) is 10.1. The van der Waals surface area contributed by atoms with Crippen LogP contribution in [0.15, 0.2) is 53.4 Å². The van der Waals surface area contributed by atoms with E-state index in [4.69, 9.17) is 0 Å². The summed E-state index contributed by atoms with van der Waals surface area (Å²) >= 11 is 0. The summed E-state index contributed by atoms with van der Waals surface area (Å²) in [5.41, 5.74) is 3.85. The van der Waals surface area contributed by atoms with Crippen LogP contribution in [0.1, 0.15) is 61.4 Å². The molecule has 1 spiro atoms. The normalized spacial score (nSPS) is 21.5. The molecule has 2 aliphatic rings. The lowest BCUT2D eigenvalue weighted by molar-refractivity contribution is -0.132. The Bertz CT molecular complexity index is 1170. The van der Waals surface area contributed by atoms with Gasteiger partial charge >= 0.3 is 0 Å². The van der Waals surface area contributed by atoms with Crippen molar-refractivity contribution in [3.05, 3.63) is 59.7 Å². The fraction of sp³-hybridized carbons (Fsp3) is 0.462. The molecule has 2 aromatic rings. The minimum Gasteiger partial charge on any atom is -0.381 e. The Morgan fingerprint density at radius 3 is 2.23 bits per heavy atom. The number of benzene rings is 2. The van der Waals surface area contributed by atoms with Gasteiger partial charge in [0, 0.05) is 24.2 Å². The smallest absolute Gasteiger partial charge is 0.265 e. The summed E-state index contributed by atoms with van der Waals surface area (Å²) in [5, 5.41) is 16.0. The number of hydrogen-bond donors (Lipinski definition) is 4. The number of hydroxylamine groups is 1. The standard InChI is InChI=1S/C26H33N3O5S/c1-2-23(30)20-5-3-19(4-6-20)17-28-21-7-9-22(10-8-21)35(33,34)26(24(31)29-32)12-11-25(18-26)13-15-27-16-14-25/h3-10,27-28,32H,2,11-18H2,1H3,(H,29,31). The molecule has 1 saturated carbocycles. The van der Waals surface area contributed by atoms with Crippen LogP contribution in [-0.4, -0.2) is 43.2 Å². The van der Waals surface area contributed by atoms with E-state index in [1.54, 1.807) is 29.7 Å². The van der Waals surface area contributed by atoms with E-state index in [1.807, 2.05) is 19.1 Å². The number of rotatable bonds is 8. The van der Waals surface area contributed by atoms with Crippen molar-refractivity contribution in [1.29, 1.82) is 0 Å². The van der Waals surface area contributed by atoms with Crippen molar-refractivity contribution in [3.63, 3.8) is 0 Å². The summed E-state index contributed by atoms with van der Waals surface area (Å²) in [6, 6.07) is 13.8. The summed E-state index contributed by atoms with van der Waals surface area (Å²) in [6.45, 7) is 3.95. The van der Waals surface area contributed by atoms with E-state index >= 15 is 0 Å². The fourth-order valence-corrected chi connectivity index (χ4v) is 7.58. The van der Waals surface area contributed by atoms with E-state index in [0.717, 1.165) is 37.2 Å². The van der Waals surface area contributed by atoms with Crippen molar-refractivity contribution in [3.8, 4) is 0 Å². The molecule has 1 amide bonds. The molecule has 1 heterocycles. The number of carbonyl (C=O) groups is 2. The zero-order valence-corrected chi connectivity index (χ0v) is 20.8. The number of piperidine rings is 1. The lowest BCUT2D eigenvalue weighted by Crippen LogP contribution is -2.51. The molecule has 8 nitrogen and oxygen atoms in total. The van der Waals surface area contributed by atoms with Gasteiger partial charge in [0.25, 0.3) is 5.91 Å². The van der Waals surface area contributed by atoms with Crippen molar-refractivity contribution < 1.29 is 23.2 Å². The maximum Gasteiger partial charge on any atom is 0.265 e. The van der Waals surface area contributed by atoms with Gasteiger partial charge in [0.15, 0.2) is 20.4 Å². The summed E-state index contributed by atoms with van der Waals surface area (Å²) in [7, 11) is -4.04. The van der Waals surface area contributed by atoms with Gasteiger partial charge in [-0.1, -0.05) is 31.2 Å². The lowest BCUT2D eigenvalue weighted by Gasteiger charge is -2.36. The molecular formula is C26H33N3O5S. The van der Waals surface area contributed by atoms with Gasteiger partial charge < -0.3 is 10.6 Å². The maximum atomic E-state index is 13.7. The summed E-state index contributed by atoms with van der Waals surface area (Å²) in [4.78, 5) is 24.7. The Morgan fingerprint density at radius 1 is 0.971 bits per heavy atom. The van der Waals surface area contributed by atoms with Crippen LogP contribution < -0.4 is 16.1 Å². The second-order valence-electron chi connectivity index (χ2n) is 9.72. The van der Waals surface area contributed by atoms with Crippen LogP contribution in [0.5, 0.6) is 0 Å². The predicted molar refractivity (Wildman–Crippen MR) is 133 cm³/mol. The van der Waals surface area contributed by atoms with Crippen LogP contribution in [0, 0.1) is 5.41 Å². The minimum atomic E-state index is -4.04. The number of amides is 1. The van der Waals surface area contributed by atoms with Gasteiger partial charge in [-0.15, -0.1) is 0 Å². The molecule has 9 heteroatoms. The average molecular weight is 500 g/mol. The monoisotopic (exact) mass is 499 g/mol. The third kappa shape index (κ3) is 4.85. The van der Waals surface area contributed by atoms with Gasteiger partial charge in [-0.3, -0.25) is 14.8 Å². The Morgan fingerprint density at radius 2 is 1.63 bits per heavy atom. The molecule has 1 atom stereocenters. The molecule has 188 valence electrons. The van der Waals surface area contributed by atoms with E-state index in [2.05, 4.69) is 10.6 Å². The number of nitrogens with one attached hydrogen (secondary N) is 3. The molecule has 1 unspecified atom stereocenters. The molecule has 35 heavy (non-hydrogen) atoms. The average Bonchev–Trinajstić information content (AvgIpc) is 3.27. The highest BCUT2D eigenvalue weighted by molar-refractivity contribution is 7.93. The first-order valence-electron chi connectivity index (χ1n) is 12.1. The quantitative estimate of drug-likeness (QED) is 0.249. The highest BCUT2D eigenvalue weighted by Gasteiger charge is 2.60. The first-order valence-corrected chi connectivity index (χ1v) is 13.6.